The highest BCUT2D eigenvalue weighted by atomic mass is 32.2. The minimum atomic E-state index is 0.578. The van der Waals surface area contributed by atoms with Crippen LogP contribution in [0.5, 0.6) is 0 Å². The zero-order valence-corrected chi connectivity index (χ0v) is 8.51. The molecule has 0 saturated heterocycles. The summed E-state index contributed by atoms with van der Waals surface area (Å²) in [7, 11) is 0. The average Bonchev–Trinajstić information content (AvgIpc) is 2.27. The van der Waals surface area contributed by atoms with Crippen LogP contribution in [0.15, 0.2) is 29.3 Å². The SMILES string of the molecule is CSc1ccc2nc(NN)cnc2c1. The van der Waals surface area contributed by atoms with Crippen molar-refractivity contribution in [1.82, 2.24) is 9.97 Å². The van der Waals surface area contributed by atoms with Crippen LogP contribution in [-0.4, -0.2) is 16.2 Å². The van der Waals surface area contributed by atoms with Crippen LogP contribution in [-0.2, 0) is 0 Å². The van der Waals surface area contributed by atoms with E-state index >= 15 is 0 Å². The third-order valence-electron chi connectivity index (χ3n) is 1.90. The molecule has 5 heteroatoms. The molecular weight excluding hydrogens is 196 g/mol. The van der Waals surface area contributed by atoms with Crippen LogP contribution < -0.4 is 11.3 Å². The Kier molecular flexibility index (Phi) is 2.51. The summed E-state index contributed by atoms with van der Waals surface area (Å²) in [5, 5.41) is 0. The maximum atomic E-state index is 5.24. The van der Waals surface area contributed by atoms with Crippen LogP contribution >= 0.6 is 11.8 Å². The van der Waals surface area contributed by atoms with E-state index in [2.05, 4.69) is 15.4 Å². The minimum Gasteiger partial charge on any atom is -0.307 e. The Labute approximate surface area is 85.9 Å². The normalized spacial score (nSPS) is 10.4. The topological polar surface area (TPSA) is 63.8 Å². The standard InChI is InChI=1S/C9H10N4S/c1-14-6-2-3-7-8(4-6)11-5-9(12-7)13-10/h2-5H,10H2,1H3,(H,12,13). The van der Waals surface area contributed by atoms with Crippen LogP contribution in [0, 0.1) is 0 Å². The molecule has 4 nitrogen and oxygen atoms in total. The molecule has 0 radical (unpaired) electrons. The molecule has 3 N–H and O–H groups in total. The molecule has 0 aliphatic rings. The molecular formula is C9H10N4S. The van der Waals surface area contributed by atoms with Gasteiger partial charge in [-0.15, -0.1) is 11.8 Å². The van der Waals surface area contributed by atoms with Gasteiger partial charge in [0.05, 0.1) is 17.2 Å². The smallest absolute Gasteiger partial charge is 0.159 e. The molecule has 0 atom stereocenters. The van der Waals surface area contributed by atoms with Crippen LogP contribution in [0.1, 0.15) is 0 Å². The summed E-state index contributed by atoms with van der Waals surface area (Å²) in [4.78, 5) is 9.68. The van der Waals surface area contributed by atoms with E-state index < -0.39 is 0 Å². The summed E-state index contributed by atoms with van der Waals surface area (Å²) in [6, 6.07) is 5.96. The summed E-state index contributed by atoms with van der Waals surface area (Å²) >= 11 is 1.69. The number of rotatable bonds is 2. The Morgan fingerprint density at radius 3 is 2.93 bits per heavy atom. The molecule has 0 spiro atoms. The van der Waals surface area contributed by atoms with Gasteiger partial charge in [-0.3, -0.25) is 4.98 Å². The van der Waals surface area contributed by atoms with Crippen molar-refractivity contribution >= 4 is 28.6 Å². The quantitative estimate of drug-likeness (QED) is 0.444. The van der Waals surface area contributed by atoms with Crippen LogP contribution in [0.2, 0.25) is 0 Å². The van der Waals surface area contributed by atoms with Gasteiger partial charge in [-0.05, 0) is 24.5 Å². The number of benzene rings is 1. The highest BCUT2D eigenvalue weighted by Gasteiger charge is 1.99. The van der Waals surface area contributed by atoms with Gasteiger partial charge in [-0.25, -0.2) is 10.8 Å². The number of fused-ring (bicyclic) bond motifs is 1. The summed E-state index contributed by atoms with van der Waals surface area (Å²) in [6.07, 6.45) is 3.65. The molecule has 72 valence electrons. The first-order valence-corrected chi connectivity index (χ1v) is 5.33. The largest absolute Gasteiger partial charge is 0.307 e. The summed E-state index contributed by atoms with van der Waals surface area (Å²) in [5.74, 6) is 5.82. The van der Waals surface area contributed by atoms with Crippen molar-refractivity contribution < 1.29 is 0 Å². The molecule has 0 aliphatic carbocycles. The number of hydrogen-bond donors (Lipinski definition) is 2. The molecule has 0 bridgehead atoms. The molecule has 0 fully saturated rings. The molecule has 2 aromatic rings. The first-order valence-electron chi connectivity index (χ1n) is 4.11. The lowest BCUT2D eigenvalue weighted by Crippen LogP contribution is -2.08. The molecule has 0 amide bonds. The molecule has 1 aromatic heterocycles. The van der Waals surface area contributed by atoms with Gasteiger partial charge in [0.25, 0.3) is 0 Å². The monoisotopic (exact) mass is 206 g/mol. The molecule has 1 aromatic carbocycles. The van der Waals surface area contributed by atoms with Crippen molar-refractivity contribution in [3.8, 4) is 0 Å². The number of anilines is 1. The second-order valence-corrected chi connectivity index (χ2v) is 3.63. The van der Waals surface area contributed by atoms with Gasteiger partial charge in [0.15, 0.2) is 5.82 Å². The number of thioether (sulfide) groups is 1. The number of nitrogens with two attached hydrogens (primary N) is 1. The van der Waals surface area contributed by atoms with Crippen molar-refractivity contribution in [2.45, 2.75) is 4.90 Å². The van der Waals surface area contributed by atoms with E-state index in [9.17, 15) is 0 Å². The van der Waals surface area contributed by atoms with Gasteiger partial charge in [-0.1, -0.05) is 0 Å². The first kappa shape index (κ1) is 9.23. The third kappa shape index (κ3) is 1.64. The van der Waals surface area contributed by atoms with E-state index in [-0.39, 0.29) is 0 Å². The molecule has 0 unspecified atom stereocenters. The van der Waals surface area contributed by atoms with Crippen LogP contribution in [0.25, 0.3) is 11.0 Å². The van der Waals surface area contributed by atoms with E-state index in [0.29, 0.717) is 5.82 Å². The number of hydrazine groups is 1. The maximum Gasteiger partial charge on any atom is 0.159 e. The van der Waals surface area contributed by atoms with Gasteiger partial charge in [0, 0.05) is 4.90 Å². The van der Waals surface area contributed by atoms with Gasteiger partial charge in [0.1, 0.15) is 0 Å². The Balaban J connectivity index is 2.57. The van der Waals surface area contributed by atoms with E-state index in [4.69, 9.17) is 5.84 Å². The summed E-state index contributed by atoms with van der Waals surface area (Å²) < 4.78 is 0. The van der Waals surface area contributed by atoms with Crippen molar-refractivity contribution in [2.24, 2.45) is 5.84 Å². The van der Waals surface area contributed by atoms with E-state index in [1.54, 1.807) is 18.0 Å². The minimum absolute atomic E-state index is 0.578. The Morgan fingerprint density at radius 1 is 1.36 bits per heavy atom. The molecule has 2 rings (SSSR count). The fraction of sp³-hybridized carbons (Fsp3) is 0.111. The lowest BCUT2D eigenvalue weighted by molar-refractivity contribution is 1.21. The second kappa shape index (κ2) is 3.81. The van der Waals surface area contributed by atoms with Crippen LogP contribution in [0.3, 0.4) is 0 Å². The average molecular weight is 206 g/mol. The first-order chi connectivity index (χ1) is 6.83. The lowest BCUT2D eigenvalue weighted by Gasteiger charge is -2.02. The molecule has 14 heavy (non-hydrogen) atoms. The Bertz CT molecular complexity index is 414. The van der Waals surface area contributed by atoms with Crippen molar-refractivity contribution in [3.05, 3.63) is 24.4 Å². The summed E-state index contributed by atoms with van der Waals surface area (Å²) in [5.41, 5.74) is 4.20. The van der Waals surface area contributed by atoms with Gasteiger partial charge < -0.3 is 5.43 Å². The fourth-order valence-electron chi connectivity index (χ4n) is 1.19. The lowest BCUT2D eigenvalue weighted by atomic mass is 10.3. The predicted octanol–water partition coefficient (Wildman–Crippen LogP) is 1.64. The fourth-order valence-corrected chi connectivity index (χ4v) is 1.62. The van der Waals surface area contributed by atoms with E-state index in [1.165, 1.54) is 4.90 Å². The molecule has 0 saturated carbocycles. The zero-order valence-electron chi connectivity index (χ0n) is 7.69. The molecule has 1 heterocycles. The molecule has 0 aliphatic heterocycles. The van der Waals surface area contributed by atoms with Crippen LogP contribution in [0.4, 0.5) is 5.82 Å². The zero-order chi connectivity index (χ0) is 9.97. The predicted molar refractivity (Wildman–Crippen MR) is 59.1 cm³/mol. The third-order valence-corrected chi connectivity index (χ3v) is 2.62. The van der Waals surface area contributed by atoms with Gasteiger partial charge in [0.2, 0.25) is 0 Å². The van der Waals surface area contributed by atoms with Crippen molar-refractivity contribution in [2.75, 3.05) is 11.7 Å². The van der Waals surface area contributed by atoms with E-state index in [0.717, 1.165) is 11.0 Å². The van der Waals surface area contributed by atoms with E-state index in [1.807, 2.05) is 24.5 Å². The Hall–Kier alpha value is -1.33. The maximum absolute atomic E-state index is 5.24. The highest BCUT2D eigenvalue weighted by Crippen LogP contribution is 2.19. The highest BCUT2D eigenvalue weighted by molar-refractivity contribution is 7.98. The second-order valence-electron chi connectivity index (χ2n) is 2.75. The number of nitrogens with zero attached hydrogens (tertiary/aromatic N) is 2. The number of nitrogen functional groups attached to an aromatic ring is 1. The number of aromatic nitrogens is 2. The van der Waals surface area contributed by atoms with Crippen molar-refractivity contribution in [3.63, 3.8) is 0 Å². The van der Waals surface area contributed by atoms with Gasteiger partial charge >= 0.3 is 0 Å². The Morgan fingerprint density at radius 2 is 2.21 bits per heavy atom. The number of nitrogens with one attached hydrogen (secondary N) is 1. The van der Waals surface area contributed by atoms with Crippen molar-refractivity contribution in [1.29, 1.82) is 0 Å². The summed E-state index contributed by atoms with van der Waals surface area (Å²) in [6.45, 7) is 0. The number of hydrogen-bond acceptors (Lipinski definition) is 5. The van der Waals surface area contributed by atoms with Gasteiger partial charge in [-0.2, -0.15) is 0 Å².